The second-order valence-electron chi connectivity index (χ2n) is 6.61. The number of piperidine rings is 1. The number of nitrogens with two attached hydrogens (primary N) is 1. The lowest BCUT2D eigenvalue weighted by molar-refractivity contribution is -0.0886. The van der Waals surface area contributed by atoms with Crippen LogP contribution in [0.5, 0.6) is 0 Å². The second-order valence-corrected chi connectivity index (χ2v) is 6.61. The number of rotatable bonds is 4. The Hall–Kier alpha value is -1.69. The maximum absolute atomic E-state index is 12.8. The Labute approximate surface area is 135 Å². The van der Waals surface area contributed by atoms with Crippen LogP contribution >= 0.6 is 0 Å². The van der Waals surface area contributed by atoms with Crippen LogP contribution in [-0.2, 0) is 6.54 Å². The molecule has 3 N–H and O–H groups in total. The van der Waals surface area contributed by atoms with E-state index in [-0.39, 0.29) is 24.9 Å². The van der Waals surface area contributed by atoms with Crippen LogP contribution in [0.4, 0.5) is 8.78 Å². The Morgan fingerprint density at radius 1 is 1.22 bits per heavy atom. The van der Waals surface area contributed by atoms with Crippen LogP contribution < -0.4 is 11.1 Å². The van der Waals surface area contributed by atoms with Crippen LogP contribution in [0.2, 0.25) is 0 Å². The summed E-state index contributed by atoms with van der Waals surface area (Å²) in [5.74, 6) is -2.22. The van der Waals surface area contributed by atoms with Crippen molar-refractivity contribution in [1.29, 1.82) is 0 Å². The highest BCUT2D eigenvalue weighted by Gasteiger charge is 2.45. The van der Waals surface area contributed by atoms with Gasteiger partial charge in [0.15, 0.2) is 5.96 Å². The number of halogens is 2. The summed E-state index contributed by atoms with van der Waals surface area (Å²) < 4.78 is 25.6. The third-order valence-corrected chi connectivity index (χ3v) is 4.57. The predicted octanol–water partition coefficient (Wildman–Crippen LogP) is 2.35. The van der Waals surface area contributed by atoms with Crippen LogP contribution in [0.15, 0.2) is 35.3 Å². The topological polar surface area (TPSA) is 53.6 Å². The molecule has 0 radical (unpaired) electrons. The fraction of sp³-hybridized carbons (Fsp3) is 0.588. The maximum Gasteiger partial charge on any atom is 0.252 e. The third kappa shape index (κ3) is 4.64. The van der Waals surface area contributed by atoms with Gasteiger partial charge in [-0.2, -0.15) is 0 Å². The molecule has 1 aromatic rings. The van der Waals surface area contributed by atoms with Crippen molar-refractivity contribution in [3.8, 4) is 0 Å². The highest BCUT2D eigenvalue weighted by Crippen LogP contribution is 2.37. The minimum atomic E-state index is -2.53. The van der Waals surface area contributed by atoms with E-state index in [1.165, 1.54) is 5.56 Å². The standard InChI is InChI=1S/C17H24F2N4/c18-17(19)10-15(11-17)22-16(20)21-14-6-8-23(9-7-14)12-13-4-2-1-3-5-13/h1-5,14-15H,6-12H2,(H3,20,21,22). The Kier molecular flexibility index (Phi) is 4.80. The highest BCUT2D eigenvalue weighted by molar-refractivity contribution is 5.78. The monoisotopic (exact) mass is 322 g/mol. The van der Waals surface area contributed by atoms with Crippen LogP contribution in [0.1, 0.15) is 31.2 Å². The predicted molar refractivity (Wildman–Crippen MR) is 87.5 cm³/mol. The molecule has 3 rings (SSSR count). The third-order valence-electron chi connectivity index (χ3n) is 4.57. The van der Waals surface area contributed by atoms with E-state index in [1.807, 2.05) is 6.07 Å². The van der Waals surface area contributed by atoms with Crippen LogP contribution in [0, 0.1) is 0 Å². The van der Waals surface area contributed by atoms with Gasteiger partial charge in [-0.3, -0.25) is 9.89 Å². The van der Waals surface area contributed by atoms with Gasteiger partial charge in [0.05, 0.1) is 6.04 Å². The Morgan fingerprint density at radius 3 is 2.48 bits per heavy atom. The van der Waals surface area contributed by atoms with Crippen LogP contribution in [0.3, 0.4) is 0 Å². The molecular formula is C17H24F2N4. The van der Waals surface area contributed by atoms with Gasteiger partial charge in [-0.15, -0.1) is 0 Å². The van der Waals surface area contributed by atoms with Crippen molar-refractivity contribution in [2.45, 2.75) is 50.2 Å². The zero-order valence-corrected chi connectivity index (χ0v) is 13.2. The SMILES string of the molecule is NC(=NC1CCN(Cc2ccccc2)CC1)NC1CC(F)(F)C1. The summed E-state index contributed by atoms with van der Waals surface area (Å²) in [5.41, 5.74) is 7.16. The minimum Gasteiger partial charge on any atom is -0.370 e. The van der Waals surface area contributed by atoms with Gasteiger partial charge in [0.2, 0.25) is 0 Å². The maximum atomic E-state index is 12.8. The average molecular weight is 322 g/mol. The molecule has 1 aromatic carbocycles. The number of likely N-dealkylation sites (tertiary alicyclic amines) is 1. The van der Waals surface area contributed by atoms with E-state index in [2.05, 4.69) is 39.5 Å². The molecule has 0 amide bonds. The van der Waals surface area contributed by atoms with Crippen molar-refractivity contribution >= 4 is 5.96 Å². The minimum absolute atomic E-state index is 0.140. The number of guanidine groups is 1. The molecule has 0 bridgehead atoms. The summed E-state index contributed by atoms with van der Waals surface area (Å²) in [4.78, 5) is 6.87. The first-order valence-corrected chi connectivity index (χ1v) is 8.24. The Morgan fingerprint density at radius 2 is 1.87 bits per heavy atom. The number of aliphatic imine (C=N–C) groups is 1. The van der Waals surface area contributed by atoms with Crippen LogP contribution in [-0.4, -0.2) is 42.0 Å². The van der Waals surface area contributed by atoms with Gasteiger partial charge in [0.25, 0.3) is 5.92 Å². The fourth-order valence-corrected chi connectivity index (χ4v) is 3.25. The lowest BCUT2D eigenvalue weighted by Gasteiger charge is -2.36. The molecule has 0 aromatic heterocycles. The number of benzene rings is 1. The van der Waals surface area contributed by atoms with Crippen molar-refractivity contribution in [3.05, 3.63) is 35.9 Å². The van der Waals surface area contributed by atoms with E-state index in [0.29, 0.717) is 5.96 Å². The van der Waals surface area contributed by atoms with Gasteiger partial charge < -0.3 is 11.1 Å². The summed E-state index contributed by atoms with van der Waals surface area (Å²) >= 11 is 0. The first-order valence-electron chi connectivity index (χ1n) is 8.24. The van der Waals surface area contributed by atoms with Gasteiger partial charge >= 0.3 is 0 Å². The molecule has 1 heterocycles. The van der Waals surface area contributed by atoms with E-state index in [0.717, 1.165) is 32.5 Å². The van der Waals surface area contributed by atoms with Gasteiger partial charge in [-0.1, -0.05) is 30.3 Å². The molecule has 1 aliphatic carbocycles. The van der Waals surface area contributed by atoms with Crippen molar-refractivity contribution in [2.75, 3.05) is 13.1 Å². The summed E-state index contributed by atoms with van der Waals surface area (Å²) in [6, 6.07) is 10.4. The van der Waals surface area contributed by atoms with E-state index in [9.17, 15) is 8.78 Å². The largest absolute Gasteiger partial charge is 0.370 e. The van der Waals surface area contributed by atoms with Crippen molar-refractivity contribution in [3.63, 3.8) is 0 Å². The summed E-state index contributed by atoms with van der Waals surface area (Å²) in [6.07, 6.45) is 1.63. The molecule has 2 aliphatic rings. The Bertz CT molecular complexity index is 531. The van der Waals surface area contributed by atoms with E-state index >= 15 is 0 Å². The molecule has 2 fully saturated rings. The molecular weight excluding hydrogens is 298 g/mol. The van der Waals surface area contributed by atoms with Gasteiger partial charge in [-0.05, 0) is 18.4 Å². The fourth-order valence-electron chi connectivity index (χ4n) is 3.25. The molecule has 23 heavy (non-hydrogen) atoms. The van der Waals surface area contributed by atoms with E-state index < -0.39 is 5.92 Å². The first kappa shape index (κ1) is 16.2. The smallest absolute Gasteiger partial charge is 0.252 e. The summed E-state index contributed by atoms with van der Waals surface area (Å²) in [7, 11) is 0. The molecule has 0 unspecified atom stereocenters. The number of nitrogens with zero attached hydrogens (tertiary/aromatic N) is 2. The molecule has 1 aliphatic heterocycles. The zero-order chi connectivity index (χ0) is 16.3. The van der Waals surface area contributed by atoms with E-state index in [1.54, 1.807) is 0 Å². The van der Waals surface area contributed by atoms with Crippen LogP contribution in [0.25, 0.3) is 0 Å². The van der Waals surface area contributed by atoms with Gasteiger partial charge in [0.1, 0.15) is 0 Å². The summed E-state index contributed by atoms with van der Waals surface area (Å²) in [5, 5.41) is 2.90. The quantitative estimate of drug-likeness (QED) is 0.661. The lowest BCUT2D eigenvalue weighted by atomic mass is 9.88. The molecule has 126 valence electrons. The normalized spacial score (nSPS) is 23.5. The van der Waals surface area contributed by atoms with Crippen molar-refractivity contribution in [2.24, 2.45) is 10.7 Å². The number of alkyl halides is 2. The molecule has 1 saturated heterocycles. The molecule has 0 atom stereocenters. The van der Waals surface area contributed by atoms with Crippen molar-refractivity contribution in [1.82, 2.24) is 10.2 Å². The number of nitrogens with one attached hydrogen (secondary N) is 1. The van der Waals surface area contributed by atoms with Gasteiger partial charge in [0, 0.05) is 38.5 Å². The molecule has 1 saturated carbocycles. The highest BCUT2D eigenvalue weighted by atomic mass is 19.3. The van der Waals surface area contributed by atoms with E-state index in [4.69, 9.17) is 5.73 Å². The first-order chi connectivity index (χ1) is 11.0. The number of hydrogen-bond donors (Lipinski definition) is 2. The average Bonchev–Trinajstić information content (AvgIpc) is 2.48. The Balaban J connectivity index is 1.41. The lowest BCUT2D eigenvalue weighted by Crippen LogP contribution is -2.52. The van der Waals surface area contributed by atoms with Gasteiger partial charge in [-0.25, -0.2) is 8.78 Å². The summed E-state index contributed by atoms with van der Waals surface area (Å²) in [6.45, 7) is 2.93. The number of hydrogen-bond acceptors (Lipinski definition) is 2. The molecule has 6 heteroatoms. The molecule has 4 nitrogen and oxygen atoms in total. The second kappa shape index (κ2) is 6.83. The zero-order valence-electron chi connectivity index (χ0n) is 13.2. The molecule has 0 spiro atoms. The van der Waals surface area contributed by atoms with Crippen molar-refractivity contribution < 1.29 is 8.78 Å².